The van der Waals surface area contributed by atoms with E-state index in [2.05, 4.69) is 15.9 Å². The molecule has 2 N–H and O–H groups in total. The summed E-state index contributed by atoms with van der Waals surface area (Å²) in [6, 6.07) is 15.7. The lowest BCUT2D eigenvalue weighted by atomic mass is 10.1. The second kappa shape index (κ2) is 7.92. The molecule has 0 radical (unpaired) electrons. The lowest BCUT2D eigenvalue weighted by Crippen LogP contribution is -2.09. The van der Waals surface area contributed by atoms with E-state index in [0.717, 1.165) is 28.0 Å². The molecule has 2 rings (SSSR count). The summed E-state index contributed by atoms with van der Waals surface area (Å²) in [6.07, 6.45) is 0.832. The van der Waals surface area contributed by atoms with Crippen molar-refractivity contribution in [2.75, 3.05) is 19.8 Å². The first-order valence-corrected chi connectivity index (χ1v) is 7.38. The monoisotopic (exact) mass is 335 g/mol. The minimum atomic E-state index is 0.512. The zero-order chi connectivity index (χ0) is 14.2. The SMILES string of the molecule is NCCc1cc(OCCOc2ccccc2)ccc1Br. The highest BCUT2D eigenvalue weighted by Gasteiger charge is 2.02. The number of benzene rings is 2. The van der Waals surface area contributed by atoms with Crippen LogP contribution in [0.1, 0.15) is 5.56 Å². The van der Waals surface area contributed by atoms with Crippen molar-refractivity contribution in [1.29, 1.82) is 0 Å². The summed E-state index contributed by atoms with van der Waals surface area (Å²) in [4.78, 5) is 0. The van der Waals surface area contributed by atoms with E-state index < -0.39 is 0 Å². The molecule has 0 aliphatic rings. The third-order valence-electron chi connectivity index (χ3n) is 2.79. The van der Waals surface area contributed by atoms with Crippen molar-refractivity contribution in [3.05, 3.63) is 58.6 Å². The van der Waals surface area contributed by atoms with Crippen molar-refractivity contribution in [2.24, 2.45) is 5.73 Å². The van der Waals surface area contributed by atoms with Crippen LogP contribution >= 0.6 is 15.9 Å². The molecule has 0 aromatic heterocycles. The highest BCUT2D eigenvalue weighted by molar-refractivity contribution is 9.10. The number of rotatable bonds is 7. The van der Waals surface area contributed by atoms with Crippen LogP contribution in [0.4, 0.5) is 0 Å². The van der Waals surface area contributed by atoms with Gasteiger partial charge in [-0.1, -0.05) is 34.1 Å². The van der Waals surface area contributed by atoms with E-state index in [1.54, 1.807) is 0 Å². The van der Waals surface area contributed by atoms with Crippen LogP contribution in [0.25, 0.3) is 0 Å². The Morgan fingerprint density at radius 1 is 0.900 bits per heavy atom. The molecule has 0 bridgehead atoms. The van der Waals surface area contributed by atoms with Crippen molar-refractivity contribution in [2.45, 2.75) is 6.42 Å². The molecule has 106 valence electrons. The van der Waals surface area contributed by atoms with E-state index in [0.29, 0.717) is 19.8 Å². The summed E-state index contributed by atoms with van der Waals surface area (Å²) in [5.74, 6) is 1.70. The molecule has 0 fully saturated rings. The Labute approximate surface area is 127 Å². The Morgan fingerprint density at radius 2 is 1.60 bits per heavy atom. The molecular weight excluding hydrogens is 318 g/mol. The standard InChI is InChI=1S/C16H18BrNO2/c17-16-7-6-15(12-13(16)8-9-18)20-11-10-19-14-4-2-1-3-5-14/h1-7,12H,8-11,18H2. The number of hydrogen-bond donors (Lipinski definition) is 1. The van der Waals surface area contributed by atoms with Crippen molar-refractivity contribution in [1.82, 2.24) is 0 Å². The van der Waals surface area contributed by atoms with Gasteiger partial charge in [-0.2, -0.15) is 0 Å². The minimum absolute atomic E-state index is 0.512. The summed E-state index contributed by atoms with van der Waals surface area (Å²) in [6.45, 7) is 1.66. The quantitative estimate of drug-likeness (QED) is 0.788. The predicted octanol–water partition coefficient (Wildman–Crippen LogP) is 3.41. The molecule has 0 atom stereocenters. The third-order valence-corrected chi connectivity index (χ3v) is 3.57. The van der Waals surface area contributed by atoms with Crippen molar-refractivity contribution >= 4 is 15.9 Å². The Balaban J connectivity index is 1.80. The lowest BCUT2D eigenvalue weighted by molar-refractivity contribution is 0.217. The maximum atomic E-state index is 5.68. The van der Waals surface area contributed by atoms with Gasteiger partial charge in [0.25, 0.3) is 0 Å². The molecule has 0 spiro atoms. The molecular formula is C16H18BrNO2. The summed E-state index contributed by atoms with van der Waals surface area (Å²) >= 11 is 3.51. The van der Waals surface area contributed by atoms with Crippen LogP contribution in [0.15, 0.2) is 53.0 Å². The van der Waals surface area contributed by atoms with E-state index >= 15 is 0 Å². The molecule has 3 nitrogen and oxygen atoms in total. The van der Waals surface area contributed by atoms with Crippen LogP contribution in [0, 0.1) is 0 Å². The van der Waals surface area contributed by atoms with Gasteiger partial charge in [-0.3, -0.25) is 0 Å². The number of hydrogen-bond acceptors (Lipinski definition) is 3. The number of para-hydroxylation sites is 1. The molecule has 0 amide bonds. The Kier molecular flexibility index (Phi) is 5.89. The Morgan fingerprint density at radius 3 is 2.30 bits per heavy atom. The molecule has 4 heteroatoms. The fourth-order valence-corrected chi connectivity index (χ4v) is 2.27. The summed E-state index contributed by atoms with van der Waals surface area (Å²) < 4.78 is 12.3. The van der Waals surface area contributed by atoms with Gasteiger partial charge in [0.15, 0.2) is 0 Å². The molecule has 0 unspecified atom stereocenters. The van der Waals surface area contributed by atoms with Crippen LogP contribution in [-0.4, -0.2) is 19.8 Å². The smallest absolute Gasteiger partial charge is 0.122 e. The van der Waals surface area contributed by atoms with Crippen molar-refractivity contribution in [3.8, 4) is 11.5 Å². The zero-order valence-corrected chi connectivity index (χ0v) is 12.8. The second-order valence-corrected chi connectivity index (χ2v) is 5.16. The van der Waals surface area contributed by atoms with Gasteiger partial charge in [-0.15, -0.1) is 0 Å². The highest BCUT2D eigenvalue weighted by atomic mass is 79.9. The van der Waals surface area contributed by atoms with E-state index in [1.165, 1.54) is 0 Å². The van der Waals surface area contributed by atoms with Crippen molar-refractivity contribution in [3.63, 3.8) is 0 Å². The molecule has 0 heterocycles. The Hall–Kier alpha value is -1.52. The fourth-order valence-electron chi connectivity index (χ4n) is 1.82. The lowest BCUT2D eigenvalue weighted by Gasteiger charge is -2.10. The molecule has 0 aliphatic heterocycles. The molecule has 20 heavy (non-hydrogen) atoms. The van der Waals surface area contributed by atoms with Crippen molar-refractivity contribution < 1.29 is 9.47 Å². The van der Waals surface area contributed by atoms with E-state index in [9.17, 15) is 0 Å². The zero-order valence-electron chi connectivity index (χ0n) is 11.2. The third kappa shape index (κ3) is 4.54. The van der Waals surface area contributed by atoms with Crippen LogP contribution in [0.2, 0.25) is 0 Å². The minimum Gasteiger partial charge on any atom is -0.490 e. The van der Waals surface area contributed by atoms with Gasteiger partial charge in [-0.25, -0.2) is 0 Å². The van der Waals surface area contributed by atoms with Gasteiger partial charge in [0.2, 0.25) is 0 Å². The van der Waals surface area contributed by atoms with Gasteiger partial charge in [0.1, 0.15) is 24.7 Å². The number of halogens is 1. The van der Waals surface area contributed by atoms with Crippen LogP contribution in [-0.2, 0) is 6.42 Å². The van der Waals surface area contributed by atoms with Gasteiger partial charge >= 0.3 is 0 Å². The first-order chi connectivity index (χ1) is 9.79. The molecule has 0 saturated carbocycles. The summed E-state index contributed by atoms with van der Waals surface area (Å²) in [5, 5.41) is 0. The maximum absolute atomic E-state index is 5.68. The molecule has 2 aromatic carbocycles. The summed E-state index contributed by atoms with van der Waals surface area (Å²) in [7, 11) is 0. The van der Waals surface area contributed by atoms with Crippen LogP contribution in [0.3, 0.4) is 0 Å². The first-order valence-electron chi connectivity index (χ1n) is 6.59. The van der Waals surface area contributed by atoms with E-state index in [-0.39, 0.29) is 0 Å². The maximum Gasteiger partial charge on any atom is 0.122 e. The average molecular weight is 336 g/mol. The second-order valence-electron chi connectivity index (χ2n) is 4.30. The summed E-state index contributed by atoms with van der Waals surface area (Å²) in [5.41, 5.74) is 6.75. The number of ether oxygens (including phenoxy) is 2. The van der Waals surface area contributed by atoms with Gasteiger partial charge in [0, 0.05) is 4.47 Å². The fraction of sp³-hybridized carbons (Fsp3) is 0.250. The van der Waals surface area contributed by atoms with Gasteiger partial charge < -0.3 is 15.2 Å². The van der Waals surface area contributed by atoms with Crippen LogP contribution < -0.4 is 15.2 Å². The van der Waals surface area contributed by atoms with Crippen LogP contribution in [0.5, 0.6) is 11.5 Å². The topological polar surface area (TPSA) is 44.5 Å². The average Bonchev–Trinajstić information content (AvgIpc) is 2.48. The van der Waals surface area contributed by atoms with E-state index in [4.69, 9.17) is 15.2 Å². The molecule has 0 saturated heterocycles. The van der Waals surface area contributed by atoms with Gasteiger partial charge in [0.05, 0.1) is 0 Å². The highest BCUT2D eigenvalue weighted by Crippen LogP contribution is 2.22. The normalized spacial score (nSPS) is 10.3. The van der Waals surface area contributed by atoms with E-state index in [1.807, 2.05) is 48.5 Å². The first kappa shape index (κ1) is 14.9. The van der Waals surface area contributed by atoms with Gasteiger partial charge in [-0.05, 0) is 48.9 Å². The Bertz CT molecular complexity index is 531. The number of nitrogens with two attached hydrogens (primary N) is 1. The molecule has 2 aromatic rings. The predicted molar refractivity (Wildman–Crippen MR) is 84.3 cm³/mol. The molecule has 0 aliphatic carbocycles. The largest absolute Gasteiger partial charge is 0.490 e.